The van der Waals surface area contributed by atoms with Crippen LogP contribution >= 0.6 is 11.6 Å². The predicted molar refractivity (Wildman–Crippen MR) is 59.3 cm³/mol. The molecule has 80 valence electrons. The lowest BCUT2D eigenvalue weighted by Gasteiger charge is -2.15. The van der Waals surface area contributed by atoms with Crippen LogP contribution in [-0.2, 0) is 0 Å². The first-order valence-electron chi connectivity index (χ1n) is 4.82. The molecule has 0 aliphatic heterocycles. The van der Waals surface area contributed by atoms with Crippen LogP contribution in [0.15, 0.2) is 12.1 Å². The predicted octanol–water partition coefficient (Wildman–Crippen LogP) is 4.05. The first-order chi connectivity index (χ1) is 6.97. The van der Waals surface area contributed by atoms with E-state index in [-0.39, 0.29) is 17.7 Å². The van der Waals surface area contributed by atoms with E-state index in [2.05, 4.69) is 6.07 Å². The molecule has 0 saturated carbocycles. The zero-order chi connectivity index (χ0) is 11.6. The minimum absolute atomic E-state index is 0.120. The summed E-state index contributed by atoms with van der Waals surface area (Å²) in [6.45, 7) is 5.49. The van der Waals surface area contributed by atoms with Crippen LogP contribution in [0.2, 0.25) is 5.02 Å². The van der Waals surface area contributed by atoms with Crippen molar-refractivity contribution >= 4 is 11.6 Å². The smallest absolute Gasteiger partial charge is 0.126 e. The van der Waals surface area contributed by atoms with Gasteiger partial charge in [0.15, 0.2) is 0 Å². The molecular weight excluding hydrogens is 213 g/mol. The Morgan fingerprint density at radius 2 is 2.00 bits per heavy atom. The van der Waals surface area contributed by atoms with Gasteiger partial charge in [-0.2, -0.15) is 5.26 Å². The van der Waals surface area contributed by atoms with E-state index < -0.39 is 0 Å². The molecule has 0 aliphatic carbocycles. The third-order valence-electron chi connectivity index (χ3n) is 2.42. The van der Waals surface area contributed by atoms with Gasteiger partial charge in [-0.25, -0.2) is 4.39 Å². The molecule has 0 aromatic heterocycles. The average Bonchev–Trinajstić information content (AvgIpc) is 2.14. The number of halogens is 2. The Balaban J connectivity index is 3.26. The molecule has 15 heavy (non-hydrogen) atoms. The Labute approximate surface area is 94.5 Å². The molecule has 0 N–H and O–H groups in total. The highest BCUT2D eigenvalue weighted by Gasteiger charge is 2.19. The normalized spacial score (nSPS) is 12.6. The van der Waals surface area contributed by atoms with Crippen LogP contribution < -0.4 is 0 Å². The van der Waals surface area contributed by atoms with Gasteiger partial charge in [0.2, 0.25) is 0 Å². The Morgan fingerprint density at radius 1 is 1.40 bits per heavy atom. The molecule has 0 heterocycles. The summed E-state index contributed by atoms with van der Waals surface area (Å²) in [5.41, 5.74) is 1.08. The van der Waals surface area contributed by atoms with Crippen molar-refractivity contribution in [3.05, 3.63) is 34.1 Å². The van der Waals surface area contributed by atoms with Crippen LogP contribution in [0, 0.1) is 30.0 Å². The van der Waals surface area contributed by atoms with E-state index in [4.69, 9.17) is 16.9 Å². The van der Waals surface area contributed by atoms with Gasteiger partial charge in [-0.05, 0) is 36.1 Å². The number of aryl methyl sites for hydroxylation is 1. The Morgan fingerprint density at radius 3 is 2.47 bits per heavy atom. The van der Waals surface area contributed by atoms with Crippen LogP contribution in [-0.4, -0.2) is 0 Å². The number of rotatable bonds is 2. The highest BCUT2D eigenvalue weighted by molar-refractivity contribution is 6.31. The fourth-order valence-corrected chi connectivity index (χ4v) is 1.81. The summed E-state index contributed by atoms with van der Waals surface area (Å²) in [6.07, 6.45) is 0. The topological polar surface area (TPSA) is 23.8 Å². The summed E-state index contributed by atoms with van der Waals surface area (Å²) in [7, 11) is 0. The first kappa shape index (κ1) is 12.0. The molecule has 1 atom stereocenters. The molecule has 1 rings (SSSR count). The second kappa shape index (κ2) is 4.63. The van der Waals surface area contributed by atoms with Crippen molar-refractivity contribution in [1.82, 2.24) is 0 Å². The van der Waals surface area contributed by atoms with Gasteiger partial charge in [0.1, 0.15) is 5.82 Å². The fourth-order valence-electron chi connectivity index (χ4n) is 1.48. The summed E-state index contributed by atoms with van der Waals surface area (Å²) in [5.74, 6) is -0.544. The Hall–Kier alpha value is -1.07. The largest absolute Gasteiger partial charge is 0.207 e. The first-order valence-corrected chi connectivity index (χ1v) is 5.20. The van der Waals surface area contributed by atoms with Gasteiger partial charge in [-0.15, -0.1) is 0 Å². The second-order valence-electron chi connectivity index (χ2n) is 3.97. The fraction of sp³-hybridized carbons (Fsp3) is 0.417. The van der Waals surface area contributed by atoms with Crippen molar-refractivity contribution in [3.8, 4) is 6.07 Å². The molecule has 1 nitrogen and oxygen atoms in total. The maximum Gasteiger partial charge on any atom is 0.126 e. The van der Waals surface area contributed by atoms with Gasteiger partial charge in [0.05, 0.1) is 12.0 Å². The van der Waals surface area contributed by atoms with Gasteiger partial charge in [-0.3, -0.25) is 0 Å². The summed E-state index contributed by atoms with van der Waals surface area (Å²) in [4.78, 5) is 0. The third kappa shape index (κ3) is 2.49. The molecule has 0 fully saturated rings. The summed E-state index contributed by atoms with van der Waals surface area (Å²) < 4.78 is 13.4. The van der Waals surface area contributed by atoms with Crippen molar-refractivity contribution in [1.29, 1.82) is 5.26 Å². The van der Waals surface area contributed by atoms with E-state index in [0.717, 1.165) is 0 Å². The molecule has 1 aromatic rings. The number of hydrogen-bond acceptors (Lipinski definition) is 1. The van der Waals surface area contributed by atoms with Crippen LogP contribution in [0.4, 0.5) is 4.39 Å². The molecule has 0 saturated heterocycles. The van der Waals surface area contributed by atoms with Crippen molar-refractivity contribution in [2.75, 3.05) is 0 Å². The number of nitriles is 1. The number of benzene rings is 1. The SMILES string of the molecule is Cc1cc(Cl)c(C(C#N)C(C)C)cc1F. The second-order valence-corrected chi connectivity index (χ2v) is 4.38. The molecule has 0 radical (unpaired) electrons. The zero-order valence-electron chi connectivity index (χ0n) is 9.01. The van der Waals surface area contributed by atoms with Gasteiger partial charge >= 0.3 is 0 Å². The van der Waals surface area contributed by atoms with E-state index in [1.54, 1.807) is 13.0 Å². The zero-order valence-corrected chi connectivity index (χ0v) is 9.77. The molecule has 0 aliphatic rings. The lowest BCUT2D eigenvalue weighted by molar-refractivity contribution is 0.574. The van der Waals surface area contributed by atoms with Crippen LogP contribution in [0.25, 0.3) is 0 Å². The average molecular weight is 226 g/mol. The maximum atomic E-state index is 13.4. The standard InChI is InChI=1S/C12H13ClFN/c1-7(2)10(6-15)9-5-12(14)8(3)4-11(9)13/h4-5,7,10H,1-3H3. The highest BCUT2D eigenvalue weighted by atomic mass is 35.5. The summed E-state index contributed by atoms with van der Waals surface area (Å²) in [5, 5.41) is 9.47. The summed E-state index contributed by atoms with van der Waals surface area (Å²) in [6, 6.07) is 5.09. The molecular formula is C12H13ClFN. The van der Waals surface area contributed by atoms with Gasteiger partial charge in [-0.1, -0.05) is 25.4 Å². The van der Waals surface area contributed by atoms with Crippen LogP contribution in [0.1, 0.15) is 30.9 Å². The quantitative estimate of drug-likeness (QED) is 0.745. The molecule has 3 heteroatoms. The molecule has 0 amide bonds. The lowest BCUT2D eigenvalue weighted by Crippen LogP contribution is -2.05. The number of nitrogens with zero attached hydrogens (tertiary/aromatic N) is 1. The lowest BCUT2D eigenvalue weighted by atomic mass is 9.89. The minimum atomic E-state index is -0.354. The van der Waals surface area contributed by atoms with Crippen molar-refractivity contribution in [2.45, 2.75) is 26.7 Å². The van der Waals surface area contributed by atoms with E-state index in [0.29, 0.717) is 16.1 Å². The van der Waals surface area contributed by atoms with Gasteiger partial charge in [0.25, 0.3) is 0 Å². The van der Waals surface area contributed by atoms with Crippen molar-refractivity contribution in [3.63, 3.8) is 0 Å². The molecule has 0 bridgehead atoms. The van der Waals surface area contributed by atoms with Gasteiger partial charge in [0, 0.05) is 5.02 Å². The minimum Gasteiger partial charge on any atom is -0.207 e. The monoisotopic (exact) mass is 225 g/mol. The molecule has 1 unspecified atom stereocenters. The van der Waals surface area contributed by atoms with Gasteiger partial charge < -0.3 is 0 Å². The highest BCUT2D eigenvalue weighted by Crippen LogP contribution is 2.31. The summed E-state index contributed by atoms with van der Waals surface area (Å²) >= 11 is 6.00. The van der Waals surface area contributed by atoms with Crippen molar-refractivity contribution < 1.29 is 4.39 Å². The van der Waals surface area contributed by atoms with Crippen LogP contribution in [0.5, 0.6) is 0 Å². The van der Waals surface area contributed by atoms with E-state index in [1.807, 2.05) is 13.8 Å². The van der Waals surface area contributed by atoms with Crippen LogP contribution in [0.3, 0.4) is 0 Å². The van der Waals surface area contributed by atoms with Crippen molar-refractivity contribution in [2.24, 2.45) is 5.92 Å². The molecule has 0 spiro atoms. The number of hydrogen-bond donors (Lipinski definition) is 0. The van der Waals surface area contributed by atoms with E-state index >= 15 is 0 Å². The molecule has 1 aromatic carbocycles. The van der Waals surface area contributed by atoms with E-state index in [9.17, 15) is 4.39 Å². The maximum absolute atomic E-state index is 13.4. The Bertz CT molecular complexity index is 407. The Kier molecular flexibility index (Phi) is 3.71. The van der Waals surface area contributed by atoms with E-state index in [1.165, 1.54) is 6.07 Å². The third-order valence-corrected chi connectivity index (χ3v) is 2.75.